The minimum atomic E-state index is -3.79. The molecular formula is C23H26N2O6S. The van der Waals surface area contributed by atoms with E-state index in [1.807, 2.05) is 38.1 Å². The first kappa shape index (κ1) is 22.4. The van der Waals surface area contributed by atoms with Crippen LogP contribution in [0, 0.1) is 0 Å². The Balaban J connectivity index is 1.43. The molecule has 0 unspecified atom stereocenters. The number of ether oxygens (including phenoxy) is 2. The van der Waals surface area contributed by atoms with Crippen LogP contribution in [0.4, 0.5) is 5.69 Å². The lowest BCUT2D eigenvalue weighted by Crippen LogP contribution is -2.48. The van der Waals surface area contributed by atoms with Crippen molar-refractivity contribution in [2.24, 2.45) is 0 Å². The van der Waals surface area contributed by atoms with Crippen molar-refractivity contribution < 1.29 is 27.5 Å². The zero-order valence-electron chi connectivity index (χ0n) is 18.1. The van der Waals surface area contributed by atoms with Gasteiger partial charge in [-0.3, -0.25) is 4.79 Å². The normalized spacial score (nSPS) is 21.2. The van der Waals surface area contributed by atoms with Crippen LogP contribution in [0.2, 0.25) is 0 Å². The molecule has 2 aliphatic heterocycles. The number of nitrogens with zero attached hydrogens (tertiary/aromatic N) is 2. The van der Waals surface area contributed by atoms with Gasteiger partial charge in [0.15, 0.2) is 6.61 Å². The molecule has 32 heavy (non-hydrogen) atoms. The summed E-state index contributed by atoms with van der Waals surface area (Å²) in [5.41, 5.74) is 1.99. The summed E-state index contributed by atoms with van der Waals surface area (Å²) < 4.78 is 38.3. The van der Waals surface area contributed by atoms with Crippen molar-refractivity contribution in [2.45, 2.75) is 37.4 Å². The highest BCUT2D eigenvalue weighted by Crippen LogP contribution is 2.27. The summed E-state index contributed by atoms with van der Waals surface area (Å²) in [5.74, 6) is -1.06. The summed E-state index contributed by atoms with van der Waals surface area (Å²) >= 11 is 0. The molecular weight excluding hydrogens is 432 g/mol. The van der Waals surface area contributed by atoms with Gasteiger partial charge in [0.25, 0.3) is 5.91 Å². The number of anilines is 1. The second-order valence-electron chi connectivity index (χ2n) is 8.11. The van der Waals surface area contributed by atoms with Crippen molar-refractivity contribution in [3.8, 4) is 0 Å². The van der Waals surface area contributed by atoms with Gasteiger partial charge in [0.1, 0.15) is 0 Å². The molecule has 0 N–H and O–H groups in total. The fourth-order valence-corrected chi connectivity index (χ4v) is 5.78. The maximum absolute atomic E-state index is 13.1. The number of rotatable bonds is 5. The van der Waals surface area contributed by atoms with Crippen LogP contribution in [0.15, 0.2) is 53.4 Å². The molecule has 0 saturated carbocycles. The van der Waals surface area contributed by atoms with Crippen LogP contribution in [0.25, 0.3) is 0 Å². The molecule has 2 aromatic carbocycles. The Morgan fingerprint density at radius 2 is 1.78 bits per heavy atom. The average Bonchev–Trinajstić information content (AvgIpc) is 3.21. The van der Waals surface area contributed by atoms with Crippen LogP contribution in [-0.4, -0.2) is 63.0 Å². The van der Waals surface area contributed by atoms with Crippen LogP contribution < -0.4 is 4.90 Å². The van der Waals surface area contributed by atoms with Gasteiger partial charge in [-0.2, -0.15) is 4.31 Å². The molecule has 0 spiro atoms. The number of hydrogen-bond acceptors (Lipinski definition) is 6. The molecule has 0 aliphatic carbocycles. The molecule has 0 radical (unpaired) electrons. The molecule has 2 heterocycles. The quantitative estimate of drug-likeness (QED) is 0.638. The zero-order chi connectivity index (χ0) is 22.9. The van der Waals surface area contributed by atoms with Crippen LogP contribution in [0.1, 0.15) is 29.8 Å². The van der Waals surface area contributed by atoms with Gasteiger partial charge in [-0.05, 0) is 50.1 Å². The SMILES string of the molecule is C[C@H]1CN(S(=O)(=O)c2cccc(C(=O)OCC(=O)N3CCc4ccccc43)c2)C[C@H](C)O1. The number of benzene rings is 2. The second kappa shape index (κ2) is 9.01. The van der Waals surface area contributed by atoms with Crippen molar-refractivity contribution in [1.29, 1.82) is 0 Å². The highest BCUT2D eigenvalue weighted by molar-refractivity contribution is 7.89. The number of carbonyl (C=O) groups excluding carboxylic acids is 2. The summed E-state index contributed by atoms with van der Waals surface area (Å²) in [7, 11) is -3.79. The molecule has 8 nitrogen and oxygen atoms in total. The number of para-hydroxylation sites is 1. The summed E-state index contributed by atoms with van der Waals surface area (Å²) in [4.78, 5) is 26.7. The molecule has 2 aromatic rings. The lowest BCUT2D eigenvalue weighted by atomic mass is 10.2. The first-order valence-corrected chi connectivity index (χ1v) is 12.0. The van der Waals surface area contributed by atoms with Crippen LogP contribution in [-0.2, 0) is 30.7 Å². The van der Waals surface area contributed by atoms with E-state index in [1.165, 1.54) is 28.6 Å². The smallest absolute Gasteiger partial charge is 0.338 e. The maximum atomic E-state index is 13.1. The standard InChI is InChI=1S/C23H26N2O6S/c1-16-13-24(14-17(2)31-16)32(28,29)20-8-5-7-19(12-20)23(27)30-15-22(26)25-11-10-18-6-3-4-9-21(18)25/h3-9,12,16-17H,10-11,13-15H2,1-2H3/t16-,17-/m0/s1. The number of sulfonamides is 1. The topological polar surface area (TPSA) is 93.2 Å². The van der Waals surface area contributed by atoms with E-state index < -0.39 is 22.6 Å². The predicted molar refractivity (Wildman–Crippen MR) is 118 cm³/mol. The monoisotopic (exact) mass is 458 g/mol. The lowest BCUT2D eigenvalue weighted by molar-refractivity contribution is -0.121. The molecule has 9 heteroatoms. The summed E-state index contributed by atoms with van der Waals surface area (Å²) in [5, 5.41) is 0. The van der Waals surface area contributed by atoms with Crippen molar-refractivity contribution in [3.05, 3.63) is 59.7 Å². The highest BCUT2D eigenvalue weighted by atomic mass is 32.2. The molecule has 1 saturated heterocycles. The molecule has 170 valence electrons. The van der Waals surface area contributed by atoms with Gasteiger partial charge in [0, 0.05) is 25.3 Å². The van der Waals surface area contributed by atoms with Crippen LogP contribution in [0.3, 0.4) is 0 Å². The van der Waals surface area contributed by atoms with E-state index in [1.54, 1.807) is 4.90 Å². The lowest BCUT2D eigenvalue weighted by Gasteiger charge is -2.34. The fourth-order valence-electron chi connectivity index (χ4n) is 4.15. The van der Waals surface area contributed by atoms with Crippen molar-refractivity contribution in [2.75, 3.05) is 31.1 Å². The van der Waals surface area contributed by atoms with Gasteiger partial charge in [-0.25, -0.2) is 13.2 Å². The van der Waals surface area contributed by atoms with E-state index in [4.69, 9.17) is 9.47 Å². The van der Waals surface area contributed by atoms with Crippen molar-refractivity contribution in [3.63, 3.8) is 0 Å². The van der Waals surface area contributed by atoms with E-state index in [9.17, 15) is 18.0 Å². The third kappa shape index (κ3) is 4.55. The number of amides is 1. The minimum absolute atomic E-state index is 0.00745. The Morgan fingerprint density at radius 3 is 2.53 bits per heavy atom. The third-order valence-corrected chi connectivity index (χ3v) is 7.44. The van der Waals surface area contributed by atoms with Gasteiger partial charge in [-0.15, -0.1) is 0 Å². The van der Waals surface area contributed by atoms with Gasteiger partial charge in [0.2, 0.25) is 10.0 Å². The minimum Gasteiger partial charge on any atom is -0.452 e. The average molecular weight is 459 g/mol. The Morgan fingerprint density at radius 1 is 1.06 bits per heavy atom. The van der Waals surface area contributed by atoms with Gasteiger partial charge in [-0.1, -0.05) is 24.3 Å². The highest BCUT2D eigenvalue weighted by Gasteiger charge is 2.32. The number of fused-ring (bicyclic) bond motifs is 1. The fraction of sp³-hybridized carbons (Fsp3) is 0.391. The Labute approximate surface area is 187 Å². The first-order chi connectivity index (χ1) is 15.3. The van der Waals surface area contributed by atoms with E-state index in [0.29, 0.717) is 6.54 Å². The number of carbonyl (C=O) groups is 2. The molecule has 1 fully saturated rings. The summed E-state index contributed by atoms with van der Waals surface area (Å²) in [6, 6.07) is 13.3. The van der Waals surface area contributed by atoms with Gasteiger partial charge < -0.3 is 14.4 Å². The van der Waals surface area contributed by atoms with E-state index in [2.05, 4.69) is 0 Å². The van der Waals surface area contributed by atoms with E-state index >= 15 is 0 Å². The number of esters is 1. The number of hydrogen-bond donors (Lipinski definition) is 0. The van der Waals surface area contributed by atoms with E-state index in [0.717, 1.165) is 17.7 Å². The Hall–Kier alpha value is -2.75. The largest absolute Gasteiger partial charge is 0.452 e. The summed E-state index contributed by atoms with van der Waals surface area (Å²) in [6.07, 6.45) is 0.320. The predicted octanol–water partition coefficient (Wildman–Crippen LogP) is 2.23. The van der Waals surface area contributed by atoms with Crippen molar-refractivity contribution in [1.82, 2.24) is 4.31 Å². The maximum Gasteiger partial charge on any atom is 0.338 e. The third-order valence-electron chi connectivity index (χ3n) is 5.61. The molecule has 4 rings (SSSR count). The Kier molecular flexibility index (Phi) is 6.32. The molecule has 2 aliphatic rings. The molecule has 1 amide bonds. The molecule has 0 bridgehead atoms. The van der Waals surface area contributed by atoms with Crippen molar-refractivity contribution >= 4 is 27.6 Å². The van der Waals surface area contributed by atoms with Gasteiger partial charge >= 0.3 is 5.97 Å². The van der Waals surface area contributed by atoms with Crippen LogP contribution in [0.5, 0.6) is 0 Å². The van der Waals surface area contributed by atoms with Gasteiger partial charge in [0.05, 0.1) is 22.7 Å². The second-order valence-corrected chi connectivity index (χ2v) is 10.0. The zero-order valence-corrected chi connectivity index (χ0v) is 18.9. The molecule has 2 atom stereocenters. The Bertz CT molecular complexity index is 1120. The van der Waals surface area contributed by atoms with E-state index in [-0.39, 0.29) is 41.7 Å². The van der Waals surface area contributed by atoms with Crippen LogP contribution >= 0.6 is 0 Å². The summed E-state index contributed by atoms with van der Waals surface area (Å²) in [6.45, 7) is 4.26. The molecule has 0 aromatic heterocycles. The first-order valence-electron chi connectivity index (χ1n) is 10.6. The number of morpholine rings is 1.